The van der Waals surface area contributed by atoms with Crippen LogP contribution in [0.15, 0.2) is 16.7 Å². The van der Waals surface area contributed by atoms with Crippen LogP contribution in [0, 0.1) is 5.92 Å². The lowest BCUT2D eigenvalue weighted by Crippen LogP contribution is -2.13. The van der Waals surface area contributed by atoms with E-state index in [1.165, 1.54) is 25.7 Å². The molecule has 0 atom stereocenters. The first kappa shape index (κ1) is 10.7. The van der Waals surface area contributed by atoms with Crippen LogP contribution in [0.2, 0.25) is 0 Å². The molecule has 3 heteroatoms. The summed E-state index contributed by atoms with van der Waals surface area (Å²) in [6, 6.07) is 1.94. The summed E-state index contributed by atoms with van der Waals surface area (Å²) < 4.78 is 10.8. The highest BCUT2D eigenvalue weighted by Crippen LogP contribution is 2.29. The van der Waals surface area contributed by atoms with Gasteiger partial charge in [-0.3, -0.25) is 0 Å². The molecule has 1 saturated carbocycles. The van der Waals surface area contributed by atoms with Gasteiger partial charge in [-0.1, -0.05) is 19.3 Å². The molecule has 1 aliphatic carbocycles. The van der Waals surface area contributed by atoms with Crippen LogP contribution in [0.4, 0.5) is 0 Å². The van der Waals surface area contributed by atoms with Crippen molar-refractivity contribution in [3.05, 3.63) is 23.7 Å². The molecular formula is C12H19NO2. The van der Waals surface area contributed by atoms with Crippen LogP contribution in [-0.4, -0.2) is 6.61 Å². The van der Waals surface area contributed by atoms with E-state index in [4.69, 9.17) is 14.9 Å². The third-order valence-electron chi connectivity index (χ3n) is 3.18. The third kappa shape index (κ3) is 2.83. The standard InChI is InChI=1S/C12H19NO2/c13-8-12-11(5-7-15-12)9-14-6-4-10-2-1-3-10/h5,7,10H,1-4,6,8-9,13H2. The first-order valence-electron chi connectivity index (χ1n) is 5.73. The fourth-order valence-corrected chi connectivity index (χ4v) is 1.89. The molecule has 0 bridgehead atoms. The second kappa shape index (κ2) is 5.33. The summed E-state index contributed by atoms with van der Waals surface area (Å²) in [6.45, 7) is 1.95. The highest BCUT2D eigenvalue weighted by Gasteiger charge is 2.16. The Morgan fingerprint density at radius 3 is 3.00 bits per heavy atom. The predicted molar refractivity (Wildman–Crippen MR) is 58.2 cm³/mol. The average Bonchev–Trinajstić information content (AvgIpc) is 2.62. The lowest BCUT2D eigenvalue weighted by molar-refractivity contribution is 0.0940. The minimum Gasteiger partial charge on any atom is -0.468 e. The summed E-state index contributed by atoms with van der Waals surface area (Å²) in [5, 5.41) is 0. The molecule has 1 aliphatic rings. The zero-order valence-electron chi connectivity index (χ0n) is 9.08. The van der Waals surface area contributed by atoms with Crippen molar-refractivity contribution in [1.29, 1.82) is 0 Å². The van der Waals surface area contributed by atoms with E-state index in [9.17, 15) is 0 Å². The smallest absolute Gasteiger partial charge is 0.122 e. The number of hydrogen-bond donors (Lipinski definition) is 1. The molecule has 15 heavy (non-hydrogen) atoms. The van der Waals surface area contributed by atoms with Crippen LogP contribution < -0.4 is 5.73 Å². The van der Waals surface area contributed by atoms with E-state index in [1.807, 2.05) is 6.07 Å². The lowest BCUT2D eigenvalue weighted by atomic mass is 9.83. The van der Waals surface area contributed by atoms with E-state index < -0.39 is 0 Å². The molecule has 0 saturated heterocycles. The fraction of sp³-hybridized carbons (Fsp3) is 0.667. The summed E-state index contributed by atoms with van der Waals surface area (Å²) in [6.07, 6.45) is 7.07. The molecule has 2 N–H and O–H groups in total. The van der Waals surface area contributed by atoms with Gasteiger partial charge in [0.05, 0.1) is 19.4 Å². The zero-order valence-corrected chi connectivity index (χ0v) is 9.08. The molecule has 0 aliphatic heterocycles. The average molecular weight is 209 g/mol. The number of ether oxygens (including phenoxy) is 1. The van der Waals surface area contributed by atoms with Crippen LogP contribution in [0.5, 0.6) is 0 Å². The van der Waals surface area contributed by atoms with Crippen LogP contribution in [0.25, 0.3) is 0 Å². The zero-order chi connectivity index (χ0) is 10.5. The largest absolute Gasteiger partial charge is 0.468 e. The van der Waals surface area contributed by atoms with Crippen LogP contribution >= 0.6 is 0 Å². The first-order valence-corrected chi connectivity index (χ1v) is 5.73. The molecule has 0 amide bonds. The monoisotopic (exact) mass is 209 g/mol. The third-order valence-corrected chi connectivity index (χ3v) is 3.18. The molecule has 1 aromatic rings. The van der Waals surface area contributed by atoms with Crippen molar-refractivity contribution in [2.75, 3.05) is 6.61 Å². The Hall–Kier alpha value is -0.800. The van der Waals surface area contributed by atoms with E-state index in [-0.39, 0.29) is 0 Å². The molecule has 0 unspecified atom stereocenters. The van der Waals surface area contributed by atoms with Crippen molar-refractivity contribution in [3.8, 4) is 0 Å². The Kier molecular flexibility index (Phi) is 3.80. The van der Waals surface area contributed by atoms with Gasteiger partial charge in [0.2, 0.25) is 0 Å². The van der Waals surface area contributed by atoms with Crippen molar-refractivity contribution >= 4 is 0 Å². The molecular weight excluding hydrogens is 190 g/mol. The van der Waals surface area contributed by atoms with Crippen LogP contribution in [0.3, 0.4) is 0 Å². The van der Waals surface area contributed by atoms with Gasteiger partial charge < -0.3 is 14.9 Å². The van der Waals surface area contributed by atoms with Gasteiger partial charge in [0.15, 0.2) is 0 Å². The van der Waals surface area contributed by atoms with E-state index in [2.05, 4.69) is 0 Å². The van der Waals surface area contributed by atoms with Crippen molar-refractivity contribution in [2.24, 2.45) is 11.7 Å². The molecule has 84 valence electrons. The van der Waals surface area contributed by atoms with Gasteiger partial charge in [0.1, 0.15) is 5.76 Å². The highest BCUT2D eigenvalue weighted by molar-refractivity contribution is 5.15. The Balaban J connectivity index is 1.64. The molecule has 0 aromatic carbocycles. The van der Waals surface area contributed by atoms with Crippen molar-refractivity contribution < 1.29 is 9.15 Å². The second-order valence-corrected chi connectivity index (χ2v) is 4.21. The number of rotatable bonds is 6. The molecule has 3 nitrogen and oxygen atoms in total. The van der Waals surface area contributed by atoms with Gasteiger partial charge >= 0.3 is 0 Å². The SMILES string of the molecule is NCc1occc1COCCC1CCC1. The Bertz CT molecular complexity index is 292. The van der Waals surface area contributed by atoms with E-state index in [0.29, 0.717) is 13.2 Å². The van der Waals surface area contributed by atoms with Crippen LogP contribution in [-0.2, 0) is 17.9 Å². The first-order chi connectivity index (χ1) is 7.40. The Morgan fingerprint density at radius 2 is 2.33 bits per heavy atom. The predicted octanol–water partition coefficient (Wildman–Crippen LogP) is 2.45. The van der Waals surface area contributed by atoms with Gasteiger partial charge in [0, 0.05) is 12.2 Å². The van der Waals surface area contributed by atoms with Crippen molar-refractivity contribution in [3.63, 3.8) is 0 Å². The summed E-state index contributed by atoms with van der Waals surface area (Å²) in [5.41, 5.74) is 6.62. The second-order valence-electron chi connectivity index (χ2n) is 4.21. The van der Waals surface area contributed by atoms with Crippen molar-refractivity contribution in [2.45, 2.75) is 38.8 Å². The maximum absolute atomic E-state index is 5.61. The van der Waals surface area contributed by atoms with E-state index >= 15 is 0 Å². The minimum absolute atomic E-state index is 0.453. The summed E-state index contributed by atoms with van der Waals surface area (Å²) in [4.78, 5) is 0. The van der Waals surface area contributed by atoms with E-state index in [0.717, 1.165) is 23.8 Å². The molecule has 1 fully saturated rings. The normalized spacial score (nSPS) is 16.6. The van der Waals surface area contributed by atoms with Crippen LogP contribution in [0.1, 0.15) is 37.0 Å². The summed E-state index contributed by atoms with van der Waals surface area (Å²) >= 11 is 0. The van der Waals surface area contributed by atoms with Gasteiger partial charge in [-0.15, -0.1) is 0 Å². The van der Waals surface area contributed by atoms with Gasteiger partial charge in [-0.2, -0.15) is 0 Å². The lowest BCUT2D eigenvalue weighted by Gasteiger charge is -2.24. The minimum atomic E-state index is 0.453. The maximum Gasteiger partial charge on any atom is 0.122 e. The molecule has 0 radical (unpaired) electrons. The Labute approximate surface area is 90.6 Å². The quantitative estimate of drug-likeness (QED) is 0.732. The topological polar surface area (TPSA) is 48.4 Å². The van der Waals surface area contributed by atoms with Gasteiger partial charge in [-0.05, 0) is 18.4 Å². The highest BCUT2D eigenvalue weighted by atomic mass is 16.5. The number of furan rings is 1. The molecule has 1 heterocycles. The molecule has 2 rings (SSSR count). The van der Waals surface area contributed by atoms with Gasteiger partial charge in [0.25, 0.3) is 0 Å². The number of hydrogen-bond acceptors (Lipinski definition) is 3. The van der Waals surface area contributed by atoms with E-state index in [1.54, 1.807) is 6.26 Å². The van der Waals surface area contributed by atoms with Crippen molar-refractivity contribution in [1.82, 2.24) is 0 Å². The number of nitrogens with two attached hydrogens (primary N) is 1. The molecule has 0 spiro atoms. The fourth-order valence-electron chi connectivity index (χ4n) is 1.89. The summed E-state index contributed by atoms with van der Waals surface area (Å²) in [7, 11) is 0. The Morgan fingerprint density at radius 1 is 1.47 bits per heavy atom. The molecule has 1 aromatic heterocycles. The van der Waals surface area contributed by atoms with Gasteiger partial charge in [-0.25, -0.2) is 0 Å². The maximum atomic E-state index is 5.61. The summed E-state index contributed by atoms with van der Waals surface area (Å²) in [5.74, 6) is 1.77.